The molecule has 1 fully saturated rings. The molecule has 1 aromatic heterocycles. The van der Waals surface area contributed by atoms with E-state index in [1.165, 1.54) is 0 Å². The van der Waals surface area contributed by atoms with Gasteiger partial charge in [0.15, 0.2) is 11.5 Å². The van der Waals surface area contributed by atoms with E-state index in [4.69, 9.17) is 9.47 Å². The number of hydrogen-bond donors (Lipinski definition) is 1. The molecule has 0 radical (unpaired) electrons. The Kier molecular flexibility index (Phi) is 4.49. The van der Waals surface area contributed by atoms with Crippen LogP contribution in [-0.2, 0) is 4.79 Å². The summed E-state index contributed by atoms with van der Waals surface area (Å²) in [5, 5.41) is 3.99. The van der Waals surface area contributed by atoms with E-state index in [0.29, 0.717) is 19.1 Å². The number of benzene rings is 2. The van der Waals surface area contributed by atoms with Crippen molar-refractivity contribution < 1.29 is 14.3 Å². The number of rotatable bonds is 5. The lowest BCUT2D eigenvalue weighted by Gasteiger charge is -2.22. The summed E-state index contributed by atoms with van der Waals surface area (Å²) in [6.45, 7) is 1.13. The third-order valence-electron chi connectivity index (χ3n) is 5.00. The van der Waals surface area contributed by atoms with Crippen LogP contribution in [0, 0.1) is 5.92 Å². The van der Waals surface area contributed by atoms with Gasteiger partial charge in [-0.05, 0) is 54.7 Å². The number of carbonyl (C=O) groups is 1. The van der Waals surface area contributed by atoms with Crippen molar-refractivity contribution in [1.82, 2.24) is 10.3 Å². The number of para-hydroxylation sites is 1. The van der Waals surface area contributed by atoms with Crippen LogP contribution in [0.25, 0.3) is 16.3 Å². The molecule has 1 saturated carbocycles. The van der Waals surface area contributed by atoms with Crippen LogP contribution in [0.5, 0.6) is 11.5 Å². The number of aromatic nitrogens is 1. The molecule has 2 heterocycles. The predicted octanol–water partition coefficient (Wildman–Crippen LogP) is 4.35. The number of ether oxygens (including phenoxy) is 2. The summed E-state index contributed by atoms with van der Waals surface area (Å²) >= 11 is 1.58. The van der Waals surface area contributed by atoms with E-state index in [-0.39, 0.29) is 11.9 Å². The average Bonchev–Trinajstić information content (AvgIpc) is 3.48. The summed E-state index contributed by atoms with van der Waals surface area (Å²) in [6, 6.07) is 13.9. The van der Waals surface area contributed by atoms with Gasteiger partial charge in [-0.2, -0.15) is 0 Å². The molecular formula is C22H20N2O3S. The van der Waals surface area contributed by atoms with Crippen molar-refractivity contribution in [2.45, 2.75) is 18.9 Å². The number of thiazole rings is 1. The highest BCUT2D eigenvalue weighted by Gasteiger charge is 2.33. The summed E-state index contributed by atoms with van der Waals surface area (Å²) in [5.74, 6) is 1.90. The van der Waals surface area contributed by atoms with Crippen molar-refractivity contribution in [2.24, 2.45) is 5.92 Å². The number of nitrogens with one attached hydrogen (secondary N) is 1. The van der Waals surface area contributed by atoms with Gasteiger partial charge in [-0.3, -0.25) is 4.79 Å². The molecule has 0 bridgehead atoms. The molecule has 0 saturated heterocycles. The van der Waals surface area contributed by atoms with E-state index in [1.807, 2.05) is 42.5 Å². The van der Waals surface area contributed by atoms with E-state index >= 15 is 0 Å². The molecule has 1 aliphatic carbocycles. The van der Waals surface area contributed by atoms with Gasteiger partial charge in [0.05, 0.1) is 16.3 Å². The fourth-order valence-electron chi connectivity index (χ4n) is 3.47. The van der Waals surface area contributed by atoms with Crippen LogP contribution >= 0.6 is 11.3 Å². The molecule has 142 valence electrons. The maximum Gasteiger partial charge on any atom is 0.244 e. The Hall–Kier alpha value is -2.86. The number of hydrogen-bond acceptors (Lipinski definition) is 5. The second-order valence-electron chi connectivity index (χ2n) is 7.08. The molecule has 6 heteroatoms. The van der Waals surface area contributed by atoms with Crippen molar-refractivity contribution in [1.29, 1.82) is 0 Å². The van der Waals surface area contributed by atoms with Gasteiger partial charge in [0.2, 0.25) is 5.91 Å². The van der Waals surface area contributed by atoms with Gasteiger partial charge in [0.1, 0.15) is 18.2 Å². The molecule has 28 heavy (non-hydrogen) atoms. The number of carbonyl (C=O) groups excluding carboxylic acids is 1. The van der Waals surface area contributed by atoms with Crippen molar-refractivity contribution >= 4 is 33.5 Å². The first-order valence-corrected chi connectivity index (χ1v) is 10.3. The summed E-state index contributed by atoms with van der Waals surface area (Å²) in [4.78, 5) is 17.1. The standard InChI is InChI=1S/C22H20N2O3S/c25-20(9-10-21-23-16-3-1-2-4-19(16)28-21)24-22(14-5-6-14)15-7-8-17-18(13-15)27-12-11-26-17/h1-4,7-10,13-14,22H,5-6,11-12H2,(H,24,25)/b10-9+. The Morgan fingerprint density at radius 1 is 1.14 bits per heavy atom. The fraction of sp³-hybridized carbons (Fsp3) is 0.273. The van der Waals surface area contributed by atoms with E-state index < -0.39 is 0 Å². The van der Waals surface area contributed by atoms with Crippen LogP contribution in [-0.4, -0.2) is 24.1 Å². The van der Waals surface area contributed by atoms with Crippen LogP contribution < -0.4 is 14.8 Å². The quantitative estimate of drug-likeness (QED) is 0.656. The van der Waals surface area contributed by atoms with Crippen LogP contribution in [0.15, 0.2) is 48.5 Å². The largest absolute Gasteiger partial charge is 0.486 e. The van der Waals surface area contributed by atoms with Gasteiger partial charge in [-0.1, -0.05) is 18.2 Å². The first-order chi connectivity index (χ1) is 13.8. The van der Waals surface area contributed by atoms with Crippen molar-refractivity contribution in [3.63, 3.8) is 0 Å². The van der Waals surface area contributed by atoms with Gasteiger partial charge >= 0.3 is 0 Å². The van der Waals surface area contributed by atoms with Crippen LogP contribution in [0.3, 0.4) is 0 Å². The van der Waals surface area contributed by atoms with Crippen LogP contribution in [0.2, 0.25) is 0 Å². The Bertz CT molecular complexity index is 1020. The van der Waals surface area contributed by atoms with Gasteiger partial charge in [-0.15, -0.1) is 11.3 Å². The first-order valence-electron chi connectivity index (χ1n) is 9.50. The lowest BCUT2D eigenvalue weighted by atomic mass is 10.0. The molecule has 0 spiro atoms. The first kappa shape index (κ1) is 17.3. The number of nitrogens with zero attached hydrogens (tertiary/aromatic N) is 1. The topological polar surface area (TPSA) is 60.5 Å². The molecule has 1 atom stereocenters. The van der Waals surface area contributed by atoms with Gasteiger partial charge in [-0.25, -0.2) is 4.98 Å². The van der Waals surface area contributed by atoms with Crippen LogP contribution in [0.1, 0.15) is 29.5 Å². The summed E-state index contributed by atoms with van der Waals surface area (Å²) in [5.41, 5.74) is 2.02. The molecule has 2 aromatic carbocycles. The Morgan fingerprint density at radius 2 is 1.96 bits per heavy atom. The zero-order valence-electron chi connectivity index (χ0n) is 15.3. The maximum absolute atomic E-state index is 12.6. The van der Waals surface area contributed by atoms with Crippen molar-refractivity contribution in [2.75, 3.05) is 13.2 Å². The molecule has 3 aromatic rings. The minimum atomic E-state index is -0.106. The highest BCUT2D eigenvalue weighted by atomic mass is 32.1. The van der Waals surface area contributed by atoms with Crippen LogP contribution in [0.4, 0.5) is 0 Å². The number of amides is 1. The van der Waals surface area contributed by atoms with E-state index in [9.17, 15) is 4.79 Å². The van der Waals surface area contributed by atoms with Crippen molar-refractivity contribution in [3.8, 4) is 11.5 Å². The molecular weight excluding hydrogens is 372 g/mol. The van der Waals surface area contributed by atoms with Crippen molar-refractivity contribution in [3.05, 3.63) is 59.1 Å². The van der Waals surface area contributed by atoms with Gasteiger partial charge in [0, 0.05) is 6.08 Å². The SMILES string of the molecule is O=C(/C=C/c1nc2ccccc2s1)NC(c1ccc2c(c1)OCCO2)C1CC1. The molecule has 1 unspecified atom stereocenters. The van der Waals surface area contributed by atoms with E-state index in [0.717, 1.165) is 45.1 Å². The second-order valence-corrected chi connectivity index (χ2v) is 8.14. The molecule has 2 aliphatic rings. The number of fused-ring (bicyclic) bond motifs is 2. The maximum atomic E-state index is 12.6. The minimum Gasteiger partial charge on any atom is -0.486 e. The molecule has 1 amide bonds. The third kappa shape index (κ3) is 3.60. The second kappa shape index (κ2) is 7.28. The molecule has 1 aliphatic heterocycles. The molecule has 5 rings (SSSR count). The normalized spacial score (nSPS) is 17.0. The summed E-state index contributed by atoms with van der Waals surface area (Å²) in [6.07, 6.45) is 5.61. The third-order valence-corrected chi connectivity index (χ3v) is 6.01. The monoisotopic (exact) mass is 392 g/mol. The molecule has 1 N–H and O–H groups in total. The predicted molar refractivity (Wildman–Crippen MR) is 110 cm³/mol. The Labute approximate surface area is 167 Å². The Morgan fingerprint density at radius 3 is 2.79 bits per heavy atom. The zero-order valence-corrected chi connectivity index (χ0v) is 16.1. The zero-order chi connectivity index (χ0) is 18.9. The Balaban J connectivity index is 1.32. The van der Waals surface area contributed by atoms with E-state index in [1.54, 1.807) is 23.5 Å². The van der Waals surface area contributed by atoms with Gasteiger partial charge < -0.3 is 14.8 Å². The smallest absolute Gasteiger partial charge is 0.244 e. The lowest BCUT2D eigenvalue weighted by molar-refractivity contribution is -0.117. The fourth-order valence-corrected chi connectivity index (χ4v) is 4.34. The average molecular weight is 392 g/mol. The lowest BCUT2D eigenvalue weighted by Crippen LogP contribution is -2.28. The molecule has 5 nitrogen and oxygen atoms in total. The minimum absolute atomic E-state index is 0.0108. The highest BCUT2D eigenvalue weighted by molar-refractivity contribution is 7.19. The van der Waals surface area contributed by atoms with E-state index in [2.05, 4.69) is 10.3 Å². The summed E-state index contributed by atoms with van der Waals surface area (Å²) in [7, 11) is 0. The van der Waals surface area contributed by atoms with Gasteiger partial charge in [0.25, 0.3) is 0 Å². The highest BCUT2D eigenvalue weighted by Crippen LogP contribution is 2.43. The summed E-state index contributed by atoms with van der Waals surface area (Å²) < 4.78 is 12.4.